The Morgan fingerprint density at radius 1 is 2.00 bits per heavy atom. The molecule has 0 aromatic carbocycles. The predicted octanol–water partition coefficient (Wildman–Crippen LogP) is 0.955. The smallest absolute Gasteiger partial charge is 0.124 e. The summed E-state index contributed by atoms with van der Waals surface area (Å²) in [5.74, 6) is 0. The van der Waals surface area contributed by atoms with E-state index in [1.165, 1.54) is 0 Å². The maximum absolute atomic E-state index is 9.51. The van der Waals surface area contributed by atoms with Crippen molar-refractivity contribution in [3.8, 4) is 0 Å². The van der Waals surface area contributed by atoms with Crippen molar-refractivity contribution in [1.82, 2.24) is 0 Å². The summed E-state index contributed by atoms with van der Waals surface area (Å²) < 4.78 is 0. The summed E-state index contributed by atoms with van der Waals surface area (Å²) in [6.07, 6.45) is 1.18. The van der Waals surface area contributed by atoms with Crippen molar-refractivity contribution in [3.05, 3.63) is 12.2 Å². The molecule has 0 spiro atoms. The van der Waals surface area contributed by atoms with Crippen LogP contribution in [0.5, 0.6) is 0 Å². The normalized spacial score (nSPS) is 7.50. The van der Waals surface area contributed by atoms with Crippen LogP contribution in [0.1, 0.15) is 13.3 Å². The summed E-state index contributed by atoms with van der Waals surface area (Å²) in [5.41, 5.74) is 0.671. The maximum atomic E-state index is 9.51. The number of hydrogen-bond donors (Lipinski definition) is 0. The summed E-state index contributed by atoms with van der Waals surface area (Å²) in [4.78, 5) is 9.51. The zero-order chi connectivity index (χ0) is 4.99. The van der Waals surface area contributed by atoms with Gasteiger partial charge in [0.25, 0.3) is 0 Å². The van der Waals surface area contributed by atoms with Gasteiger partial charge in [-0.05, 0) is 6.92 Å². The van der Waals surface area contributed by atoms with Crippen LogP contribution in [-0.4, -0.2) is 6.29 Å². The van der Waals surface area contributed by atoms with Crippen LogP contribution < -0.4 is 0 Å². The number of hydrogen-bond acceptors (Lipinski definition) is 1. The SMILES string of the molecule is [CH]=C(C)CC=O. The fraction of sp³-hybridized carbons (Fsp3) is 0.400. The summed E-state index contributed by atoms with van der Waals surface area (Å²) in [6, 6.07) is 0. The van der Waals surface area contributed by atoms with Crippen molar-refractivity contribution in [2.24, 2.45) is 0 Å². The Kier molecular flexibility index (Phi) is 2.38. The number of aldehydes is 1. The van der Waals surface area contributed by atoms with E-state index >= 15 is 0 Å². The lowest BCUT2D eigenvalue weighted by Crippen LogP contribution is -1.71. The van der Waals surface area contributed by atoms with Crippen LogP contribution in [0.2, 0.25) is 0 Å². The van der Waals surface area contributed by atoms with Gasteiger partial charge < -0.3 is 4.79 Å². The molecule has 0 aliphatic carbocycles. The topological polar surface area (TPSA) is 17.1 Å². The van der Waals surface area contributed by atoms with Gasteiger partial charge in [-0.25, -0.2) is 0 Å². The molecule has 0 bridgehead atoms. The Morgan fingerprint density at radius 2 is 2.50 bits per heavy atom. The molecular weight excluding hydrogens is 76.1 g/mol. The second-order valence-electron chi connectivity index (χ2n) is 1.22. The minimum absolute atomic E-state index is 0.389. The van der Waals surface area contributed by atoms with Crippen molar-refractivity contribution < 1.29 is 4.79 Å². The molecule has 0 amide bonds. The van der Waals surface area contributed by atoms with E-state index in [-0.39, 0.29) is 0 Å². The Labute approximate surface area is 37.7 Å². The number of carbonyl (C=O) groups is 1. The third-order valence-corrected chi connectivity index (χ3v) is 0.405. The van der Waals surface area contributed by atoms with E-state index in [0.717, 1.165) is 6.29 Å². The highest BCUT2D eigenvalue weighted by Gasteiger charge is 1.76. The van der Waals surface area contributed by atoms with E-state index in [1.807, 2.05) is 0 Å². The van der Waals surface area contributed by atoms with E-state index in [2.05, 4.69) is 0 Å². The summed E-state index contributed by atoms with van der Waals surface area (Å²) in [5, 5.41) is 0. The Balaban J connectivity index is 3.05. The highest BCUT2D eigenvalue weighted by Crippen LogP contribution is 1.86. The standard InChI is InChI=1S/C5H7O/c1-5(2)3-4-6/h1,4H,3H2,2H3. The molecule has 1 heteroatoms. The molecule has 0 saturated heterocycles. The molecule has 33 valence electrons. The van der Waals surface area contributed by atoms with E-state index in [4.69, 9.17) is 6.58 Å². The molecule has 1 radical (unpaired) electrons. The minimum Gasteiger partial charge on any atom is -0.303 e. The van der Waals surface area contributed by atoms with Crippen molar-refractivity contribution >= 4 is 6.29 Å². The first-order chi connectivity index (χ1) is 2.77. The second-order valence-corrected chi connectivity index (χ2v) is 1.22. The highest BCUT2D eigenvalue weighted by atomic mass is 16.1. The van der Waals surface area contributed by atoms with Crippen LogP contribution in [0.25, 0.3) is 0 Å². The fourth-order valence-electron chi connectivity index (χ4n) is 0.131. The monoisotopic (exact) mass is 83.0 g/mol. The molecule has 0 atom stereocenters. The van der Waals surface area contributed by atoms with Gasteiger partial charge in [-0.3, -0.25) is 0 Å². The number of allylic oxidation sites excluding steroid dienone is 1. The van der Waals surface area contributed by atoms with Crippen LogP contribution in [0.4, 0.5) is 0 Å². The predicted molar refractivity (Wildman–Crippen MR) is 24.2 cm³/mol. The van der Waals surface area contributed by atoms with Gasteiger partial charge in [0.1, 0.15) is 6.29 Å². The molecule has 0 aromatic heterocycles. The van der Waals surface area contributed by atoms with E-state index in [0.29, 0.717) is 12.0 Å². The van der Waals surface area contributed by atoms with E-state index in [9.17, 15) is 4.79 Å². The molecule has 0 N–H and O–H groups in total. The van der Waals surface area contributed by atoms with Crippen LogP contribution in [0.15, 0.2) is 5.57 Å². The third kappa shape index (κ3) is 3.41. The van der Waals surface area contributed by atoms with Gasteiger partial charge in [-0.15, -0.1) is 0 Å². The van der Waals surface area contributed by atoms with Gasteiger partial charge in [-0.2, -0.15) is 0 Å². The molecule has 0 heterocycles. The van der Waals surface area contributed by atoms with E-state index < -0.39 is 0 Å². The maximum Gasteiger partial charge on any atom is 0.124 e. The molecular formula is C5H7O. The summed E-state index contributed by atoms with van der Waals surface area (Å²) in [6.45, 7) is 6.80. The van der Waals surface area contributed by atoms with Gasteiger partial charge in [-0.1, -0.05) is 12.2 Å². The fourth-order valence-corrected chi connectivity index (χ4v) is 0.131. The van der Waals surface area contributed by atoms with Crippen molar-refractivity contribution in [2.75, 3.05) is 0 Å². The molecule has 0 unspecified atom stereocenters. The second kappa shape index (κ2) is 2.64. The molecule has 0 aliphatic heterocycles. The zero-order valence-corrected chi connectivity index (χ0v) is 3.77. The van der Waals surface area contributed by atoms with Gasteiger partial charge in [0, 0.05) is 6.42 Å². The first-order valence-corrected chi connectivity index (χ1v) is 1.79. The number of carbonyl (C=O) groups excluding carboxylic acids is 1. The Bertz CT molecular complexity index is 64.3. The Morgan fingerprint density at radius 3 is 2.50 bits per heavy atom. The van der Waals surface area contributed by atoms with Crippen LogP contribution in [0.3, 0.4) is 0 Å². The molecule has 0 rings (SSSR count). The average Bonchev–Trinajstić information content (AvgIpc) is 1.35. The van der Waals surface area contributed by atoms with E-state index in [1.54, 1.807) is 6.92 Å². The molecule has 0 aliphatic rings. The quantitative estimate of drug-likeness (QED) is 0.454. The van der Waals surface area contributed by atoms with Gasteiger partial charge in [0.2, 0.25) is 0 Å². The van der Waals surface area contributed by atoms with Gasteiger partial charge in [0.15, 0.2) is 0 Å². The van der Waals surface area contributed by atoms with Crippen molar-refractivity contribution in [1.29, 1.82) is 0 Å². The van der Waals surface area contributed by atoms with Crippen LogP contribution >= 0.6 is 0 Å². The zero-order valence-electron chi connectivity index (χ0n) is 3.77. The minimum atomic E-state index is 0.389. The summed E-state index contributed by atoms with van der Waals surface area (Å²) >= 11 is 0. The largest absolute Gasteiger partial charge is 0.303 e. The van der Waals surface area contributed by atoms with Gasteiger partial charge >= 0.3 is 0 Å². The highest BCUT2D eigenvalue weighted by molar-refractivity contribution is 5.53. The lowest BCUT2D eigenvalue weighted by Gasteiger charge is -1.78. The Hall–Kier alpha value is -0.590. The van der Waals surface area contributed by atoms with Crippen LogP contribution in [-0.2, 0) is 4.79 Å². The molecule has 6 heavy (non-hydrogen) atoms. The summed E-state index contributed by atoms with van der Waals surface area (Å²) in [7, 11) is 0. The molecule has 1 nitrogen and oxygen atoms in total. The molecule has 0 aromatic rings. The first kappa shape index (κ1) is 5.41. The number of rotatable bonds is 2. The van der Waals surface area contributed by atoms with Gasteiger partial charge in [0.05, 0.1) is 0 Å². The van der Waals surface area contributed by atoms with Crippen molar-refractivity contribution in [3.63, 3.8) is 0 Å². The lowest BCUT2D eigenvalue weighted by molar-refractivity contribution is -0.107. The third-order valence-electron chi connectivity index (χ3n) is 0.405. The lowest BCUT2D eigenvalue weighted by atomic mass is 10.3. The first-order valence-electron chi connectivity index (χ1n) is 1.79. The molecule has 0 fully saturated rings. The molecule has 0 saturated carbocycles. The van der Waals surface area contributed by atoms with Crippen molar-refractivity contribution in [2.45, 2.75) is 13.3 Å². The van der Waals surface area contributed by atoms with Crippen LogP contribution in [0, 0.1) is 6.58 Å². The average molecular weight is 83.1 g/mol.